The minimum Gasteiger partial charge on any atom is -0.444 e. The molecule has 0 bridgehead atoms. The maximum Gasteiger partial charge on any atom is 0.411 e. The van der Waals surface area contributed by atoms with Gasteiger partial charge in [0.25, 0.3) is 0 Å². The molecule has 5 heteroatoms. The third-order valence-corrected chi connectivity index (χ3v) is 4.59. The molecule has 1 amide bonds. The molecule has 1 aromatic rings. The zero-order valence-electron chi connectivity index (χ0n) is 12.2. The predicted molar refractivity (Wildman–Crippen MR) is 77.2 cm³/mol. The number of nitrogens with zero attached hydrogens (tertiary/aromatic N) is 1. The van der Waals surface area contributed by atoms with Crippen molar-refractivity contribution in [1.29, 1.82) is 0 Å². The van der Waals surface area contributed by atoms with Gasteiger partial charge in [-0.15, -0.1) is 0 Å². The van der Waals surface area contributed by atoms with Crippen molar-refractivity contribution in [1.82, 2.24) is 4.90 Å². The first-order valence-corrected chi connectivity index (χ1v) is 7.56. The summed E-state index contributed by atoms with van der Waals surface area (Å²) >= 11 is 0. The van der Waals surface area contributed by atoms with Crippen molar-refractivity contribution < 1.29 is 13.9 Å². The van der Waals surface area contributed by atoms with Crippen LogP contribution in [0.2, 0.25) is 0 Å². The fourth-order valence-electron chi connectivity index (χ4n) is 3.47. The number of benzene rings is 1. The maximum absolute atomic E-state index is 13.1. The zero-order chi connectivity index (χ0) is 15.0. The molecule has 114 valence electrons. The van der Waals surface area contributed by atoms with Crippen LogP contribution in [0.15, 0.2) is 24.3 Å². The van der Waals surface area contributed by atoms with Crippen molar-refractivity contribution in [3.05, 3.63) is 35.6 Å². The van der Waals surface area contributed by atoms with Crippen LogP contribution in [0.5, 0.6) is 0 Å². The zero-order valence-corrected chi connectivity index (χ0v) is 12.2. The first-order valence-electron chi connectivity index (χ1n) is 7.56. The molecule has 1 aliphatic carbocycles. The topological polar surface area (TPSA) is 55.6 Å². The largest absolute Gasteiger partial charge is 0.444 e. The van der Waals surface area contributed by atoms with Gasteiger partial charge in [0, 0.05) is 12.1 Å². The van der Waals surface area contributed by atoms with E-state index in [1.165, 1.54) is 12.1 Å². The number of nitrogens with two attached hydrogens (primary N) is 1. The van der Waals surface area contributed by atoms with Gasteiger partial charge in [-0.25, -0.2) is 9.18 Å². The van der Waals surface area contributed by atoms with E-state index in [4.69, 9.17) is 10.5 Å². The molecule has 2 unspecified atom stereocenters. The molecule has 4 nitrogen and oxygen atoms in total. The van der Waals surface area contributed by atoms with Gasteiger partial charge < -0.3 is 10.5 Å². The van der Waals surface area contributed by atoms with E-state index >= 15 is 0 Å². The molecule has 1 saturated heterocycles. The molecule has 1 heterocycles. The lowest BCUT2D eigenvalue weighted by atomic mass is 9.89. The maximum atomic E-state index is 13.1. The molecule has 21 heavy (non-hydrogen) atoms. The van der Waals surface area contributed by atoms with Crippen LogP contribution in [-0.4, -0.2) is 29.2 Å². The van der Waals surface area contributed by atoms with Gasteiger partial charge in [-0.3, -0.25) is 4.90 Å². The SMILES string of the molecule is CC1OC(=O)N(C2CCC(N)CC2)C1c1ccc(F)cc1. The second-order valence-electron chi connectivity index (χ2n) is 6.06. The van der Waals surface area contributed by atoms with Crippen LogP contribution in [0, 0.1) is 5.82 Å². The fraction of sp³-hybridized carbons (Fsp3) is 0.562. The molecule has 1 saturated carbocycles. The number of carbonyl (C=O) groups is 1. The number of amides is 1. The number of hydrogen-bond acceptors (Lipinski definition) is 3. The summed E-state index contributed by atoms with van der Waals surface area (Å²) in [5.41, 5.74) is 6.86. The molecule has 2 aliphatic rings. The highest BCUT2D eigenvalue weighted by molar-refractivity contribution is 5.71. The molecule has 2 N–H and O–H groups in total. The summed E-state index contributed by atoms with van der Waals surface area (Å²) in [6.45, 7) is 1.89. The van der Waals surface area contributed by atoms with Crippen LogP contribution < -0.4 is 5.73 Å². The first kappa shape index (κ1) is 14.3. The number of ether oxygens (including phenoxy) is 1. The number of cyclic esters (lactones) is 1. The van der Waals surface area contributed by atoms with Crippen LogP contribution in [-0.2, 0) is 4.74 Å². The quantitative estimate of drug-likeness (QED) is 0.911. The Kier molecular flexibility index (Phi) is 3.85. The number of hydrogen-bond donors (Lipinski definition) is 1. The van der Waals surface area contributed by atoms with Crippen molar-refractivity contribution in [3.63, 3.8) is 0 Å². The van der Waals surface area contributed by atoms with E-state index in [1.54, 1.807) is 12.1 Å². The third-order valence-electron chi connectivity index (χ3n) is 4.59. The van der Waals surface area contributed by atoms with Crippen LogP contribution in [0.25, 0.3) is 0 Å². The lowest BCUT2D eigenvalue weighted by Crippen LogP contribution is -2.43. The Morgan fingerprint density at radius 2 is 1.81 bits per heavy atom. The second-order valence-corrected chi connectivity index (χ2v) is 6.06. The number of halogens is 1. The van der Waals surface area contributed by atoms with Crippen molar-refractivity contribution in [2.24, 2.45) is 5.73 Å². The lowest BCUT2D eigenvalue weighted by molar-refractivity contribution is 0.125. The average Bonchev–Trinajstić information content (AvgIpc) is 2.75. The molecule has 1 aromatic carbocycles. The standard InChI is InChI=1S/C16H21FN2O2/c1-10-15(11-2-4-12(17)5-3-11)19(16(20)21-10)14-8-6-13(18)7-9-14/h2-5,10,13-15H,6-9,18H2,1H3. The van der Waals surface area contributed by atoms with Crippen LogP contribution >= 0.6 is 0 Å². The van der Waals surface area contributed by atoms with Crippen molar-refractivity contribution in [2.45, 2.75) is 56.8 Å². The Morgan fingerprint density at radius 1 is 1.19 bits per heavy atom. The molecular weight excluding hydrogens is 271 g/mol. The summed E-state index contributed by atoms with van der Waals surface area (Å²) in [7, 11) is 0. The summed E-state index contributed by atoms with van der Waals surface area (Å²) in [5, 5.41) is 0. The Balaban J connectivity index is 1.85. The Morgan fingerprint density at radius 3 is 2.43 bits per heavy atom. The van der Waals surface area contributed by atoms with E-state index in [-0.39, 0.29) is 36.1 Å². The van der Waals surface area contributed by atoms with E-state index < -0.39 is 0 Å². The molecule has 2 atom stereocenters. The van der Waals surface area contributed by atoms with Gasteiger partial charge in [-0.1, -0.05) is 12.1 Å². The first-order chi connectivity index (χ1) is 10.1. The van der Waals surface area contributed by atoms with Gasteiger partial charge in [0.2, 0.25) is 0 Å². The van der Waals surface area contributed by atoms with Gasteiger partial charge >= 0.3 is 6.09 Å². The van der Waals surface area contributed by atoms with E-state index in [9.17, 15) is 9.18 Å². The molecule has 0 aromatic heterocycles. The van der Waals surface area contributed by atoms with E-state index in [0.717, 1.165) is 31.2 Å². The number of rotatable bonds is 2. The smallest absolute Gasteiger partial charge is 0.411 e. The Labute approximate surface area is 124 Å². The van der Waals surface area contributed by atoms with Crippen LogP contribution in [0.4, 0.5) is 9.18 Å². The highest BCUT2D eigenvalue weighted by atomic mass is 19.1. The van der Waals surface area contributed by atoms with Gasteiger partial charge in [0.15, 0.2) is 0 Å². The van der Waals surface area contributed by atoms with E-state index in [1.807, 2.05) is 11.8 Å². The van der Waals surface area contributed by atoms with Gasteiger partial charge in [0.05, 0.1) is 6.04 Å². The summed E-state index contributed by atoms with van der Waals surface area (Å²) in [4.78, 5) is 14.1. The second kappa shape index (κ2) is 5.64. The van der Waals surface area contributed by atoms with Crippen LogP contribution in [0.3, 0.4) is 0 Å². The average molecular weight is 292 g/mol. The highest BCUT2D eigenvalue weighted by Crippen LogP contribution is 2.38. The molecule has 2 fully saturated rings. The number of carbonyl (C=O) groups excluding carboxylic acids is 1. The van der Waals surface area contributed by atoms with Crippen molar-refractivity contribution in [3.8, 4) is 0 Å². The lowest BCUT2D eigenvalue weighted by Gasteiger charge is -2.35. The molecule has 3 rings (SSSR count). The minimum atomic E-state index is -0.271. The van der Waals surface area contributed by atoms with Crippen LogP contribution in [0.1, 0.15) is 44.2 Å². The van der Waals surface area contributed by atoms with Crippen molar-refractivity contribution in [2.75, 3.05) is 0 Å². The molecule has 0 spiro atoms. The van der Waals surface area contributed by atoms with Gasteiger partial charge in [-0.05, 0) is 50.3 Å². The highest BCUT2D eigenvalue weighted by Gasteiger charge is 2.44. The minimum absolute atomic E-state index is 0.141. The monoisotopic (exact) mass is 292 g/mol. The molecular formula is C16H21FN2O2. The third kappa shape index (κ3) is 2.75. The van der Waals surface area contributed by atoms with Gasteiger partial charge in [0.1, 0.15) is 11.9 Å². The van der Waals surface area contributed by atoms with Crippen molar-refractivity contribution >= 4 is 6.09 Å². The normalized spacial score (nSPS) is 33.1. The summed E-state index contributed by atoms with van der Waals surface area (Å²) in [5.74, 6) is -0.271. The summed E-state index contributed by atoms with van der Waals surface area (Å²) in [6, 6.07) is 6.59. The Bertz CT molecular complexity index is 512. The summed E-state index contributed by atoms with van der Waals surface area (Å²) < 4.78 is 18.5. The van der Waals surface area contributed by atoms with Gasteiger partial charge in [-0.2, -0.15) is 0 Å². The predicted octanol–water partition coefficient (Wildman–Crippen LogP) is 2.98. The summed E-state index contributed by atoms with van der Waals surface area (Å²) in [6.07, 6.45) is 3.18. The Hall–Kier alpha value is -1.62. The molecule has 1 aliphatic heterocycles. The van der Waals surface area contributed by atoms with E-state index in [0.29, 0.717) is 0 Å². The fourth-order valence-corrected chi connectivity index (χ4v) is 3.47. The van der Waals surface area contributed by atoms with E-state index in [2.05, 4.69) is 0 Å². The molecule has 0 radical (unpaired) electrons.